The lowest BCUT2D eigenvalue weighted by Gasteiger charge is -2.11. The molecule has 1 N–H and O–H groups in total. The van der Waals surface area contributed by atoms with Gasteiger partial charge in [-0.2, -0.15) is 0 Å². The van der Waals surface area contributed by atoms with E-state index in [4.69, 9.17) is 16.6 Å². The van der Waals surface area contributed by atoms with Crippen molar-refractivity contribution in [1.29, 1.82) is 0 Å². The Morgan fingerprint density at radius 1 is 0.826 bits per heavy atom. The van der Waals surface area contributed by atoms with E-state index in [2.05, 4.69) is 24.4 Å². The molecule has 0 atom stereocenters. The van der Waals surface area contributed by atoms with E-state index in [1.807, 2.05) is 66.7 Å². The fraction of sp³-hybridized carbons (Fsp3) is 0.0500. The van der Waals surface area contributed by atoms with E-state index in [9.17, 15) is 0 Å². The van der Waals surface area contributed by atoms with Gasteiger partial charge in [-0.25, -0.2) is 4.99 Å². The molecule has 0 bridgehead atoms. The second kappa shape index (κ2) is 7.12. The number of hydrogen-bond acceptors (Lipinski definition) is 1. The van der Waals surface area contributed by atoms with Crippen LogP contribution in [0.4, 0.5) is 11.4 Å². The predicted molar refractivity (Wildman–Crippen MR) is 98.9 cm³/mol. The van der Waals surface area contributed by atoms with Crippen LogP contribution in [0.3, 0.4) is 0 Å². The maximum Gasteiger partial charge on any atom is 0.138 e. The van der Waals surface area contributed by atoms with E-state index in [1.165, 1.54) is 5.56 Å². The molecule has 3 heteroatoms. The van der Waals surface area contributed by atoms with Crippen molar-refractivity contribution >= 4 is 28.8 Å². The van der Waals surface area contributed by atoms with E-state index >= 15 is 0 Å². The number of hydrogen-bond donors (Lipinski definition) is 1. The molecule has 0 radical (unpaired) electrons. The van der Waals surface area contributed by atoms with Gasteiger partial charge in [-0.15, -0.1) is 0 Å². The molecular formula is C20H17ClN2. The van der Waals surface area contributed by atoms with E-state index in [1.54, 1.807) is 0 Å². The number of aryl methyl sites for hydroxylation is 1. The lowest BCUT2D eigenvalue weighted by molar-refractivity contribution is 1.42. The average molecular weight is 321 g/mol. The number of aliphatic imine (C=N–C) groups is 1. The molecule has 0 saturated carbocycles. The number of rotatable bonds is 3. The second-order valence-electron chi connectivity index (χ2n) is 5.29. The summed E-state index contributed by atoms with van der Waals surface area (Å²) >= 11 is 5.99. The number of nitrogens with zero attached hydrogens (tertiary/aromatic N) is 1. The molecule has 0 amide bonds. The Balaban J connectivity index is 1.98. The van der Waals surface area contributed by atoms with Gasteiger partial charge in [0, 0.05) is 16.3 Å². The first-order valence-electron chi connectivity index (χ1n) is 7.44. The van der Waals surface area contributed by atoms with Crippen molar-refractivity contribution in [3.8, 4) is 0 Å². The highest BCUT2D eigenvalue weighted by atomic mass is 35.5. The summed E-state index contributed by atoms with van der Waals surface area (Å²) in [5, 5.41) is 4.10. The zero-order chi connectivity index (χ0) is 16.1. The lowest BCUT2D eigenvalue weighted by atomic mass is 10.2. The van der Waals surface area contributed by atoms with Crippen LogP contribution in [-0.4, -0.2) is 5.84 Å². The summed E-state index contributed by atoms with van der Waals surface area (Å²) < 4.78 is 0. The fourth-order valence-electron chi connectivity index (χ4n) is 2.18. The SMILES string of the molecule is Cc1ccc(N=C(Nc2ccccc2)c2ccc(Cl)cc2)cc1. The Labute approximate surface area is 141 Å². The minimum Gasteiger partial charge on any atom is -0.340 e. The van der Waals surface area contributed by atoms with E-state index in [0.29, 0.717) is 5.02 Å². The molecule has 3 aromatic rings. The quantitative estimate of drug-likeness (QED) is 0.476. The summed E-state index contributed by atoms with van der Waals surface area (Å²) in [6, 6.07) is 25.8. The van der Waals surface area contributed by atoms with Gasteiger partial charge in [0.25, 0.3) is 0 Å². The fourth-order valence-corrected chi connectivity index (χ4v) is 2.31. The molecule has 3 rings (SSSR count). The standard InChI is InChI=1S/C20H17ClN2/c1-15-7-13-19(14-8-15)23-20(16-9-11-17(21)12-10-16)22-18-5-3-2-4-6-18/h2-14H,1H3,(H,22,23). The normalized spacial score (nSPS) is 11.3. The van der Waals surface area contributed by atoms with E-state index in [0.717, 1.165) is 22.8 Å². The van der Waals surface area contributed by atoms with Gasteiger partial charge >= 0.3 is 0 Å². The molecule has 114 valence electrons. The number of halogens is 1. The van der Waals surface area contributed by atoms with Crippen LogP contribution >= 0.6 is 11.6 Å². The summed E-state index contributed by atoms with van der Waals surface area (Å²) in [4.78, 5) is 4.76. The summed E-state index contributed by atoms with van der Waals surface area (Å²) in [6.45, 7) is 2.07. The minimum atomic E-state index is 0.711. The topological polar surface area (TPSA) is 24.4 Å². The van der Waals surface area contributed by atoms with Crippen molar-refractivity contribution < 1.29 is 0 Å². The molecule has 0 spiro atoms. The molecule has 3 aromatic carbocycles. The van der Waals surface area contributed by atoms with Crippen molar-refractivity contribution in [2.45, 2.75) is 6.92 Å². The van der Waals surface area contributed by atoms with Crippen LogP contribution in [0.5, 0.6) is 0 Å². The largest absolute Gasteiger partial charge is 0.340 e. The van der Waals surface area contributed by atoms with Crippen LogP contribution in [0.1, 0.15) is 11.1 Å². The Bertz CT molecular complexity index is 791. The third kappa shape index (κ3) is 4.21. The van der Waals surface area contributed by atoms with Gasteiger partial charge < -0.3 is 5.32 Å². The van der Waals surface area contributed by atoms with Crippen molar-refractivity contribution in [3.63, 3.8) is 0 Å². The van der Waals surface area contributed by atoms with Gasteiger partial charge in [0.15, 0.2) is 0 Å². The first-order valence-corrected chi connectivity index (χ1v) is 7.82. The second-order valence-corrected chi connectivity index (χ2v) is 5.73. The molecular weight excluding hydrogens is 304 g/mol. The van der Waals surface area contributed by atoms with Crippen LogP contribution in [0, 0.1) is 6.92 Å². The average Bonchev–Trinajstić information content (AvgIpc) is 2.58. The van der Waals surface area contributed by atoms with Gasteiger partial charge in [0.05, 0.1) is 5.69 Å². The maximum absolute atomic E-state index is 5.99. The number of para-hydroxylation sites is 1. The molecule has 0 fully saturated rings. The maximum atomic E-state index is 5.99. The zero-order valence-electron chi connectivity index (χ0n) is 12.8. The third-order valence-electron chi connectivity index (χ3n) is 3.43. The van der Waals surface area contributed by atoms with Gasteiger partial charge in [-0.3, -0.25) is 0 Å². The first-order chi connectivity index (χ1) is 11.2. The van der Waals surface area contributed by atoms with Crippen molar-refractivity contribution in [2.24, 2.45) is 4.99 Å². The van der Waals surface area contributed by atoms with Crippen LogP contribution < -0.4 is 5.32 Å². The lowest BCUT2D eigenvalue weighted by Crippen LogP contribution is -2.13. The Morgan fingerprint density at radius 2 is 1.48 bits per heavy atom. The van der Waals surface area contributed by atoms with Crippen LogP contribution in [0.2, 0.25) is 5.02 Å². The highest BCUT2D eigenvalue weighted by molar-refractivity contribution is 6.30. The molecule has 0 heterocycles. The highest BCUT2D eigenvalue weighted by Gasteiger charge is 2.05. The number of nitrogens with one attached hydrogen (secondary N) is 1. The molecule has 0 aliphatic carbocycles. The van der Waals surface area contributed by atoms with Gasteiger partial charge in [-0.05, 0) is 55.5 Å². The molecule has 23 heavy (non-hydrogen) atoms. The Hall–Kier alpha value is -2.58. The summed E-state index contributed by atoms with van der Waals surface area (Å²) in [7, 11) is 0. The molecule has 0 aliphatic heterocycles. The zero-order valence-corrected chi connectivity index (χ0v) is 13.6. The van der Waals surface area contributed by atoms with Gasteiger partial charge in [0.2, 0.25) is 0 Å². The highest BCUT2D eigenvalue weighted by Crippen LogP contribution is 2.18. The molecule has 2 nitrogen and oxygen atoms in total. The molecule has 0 unspecified atom stereocenters. The first kappa shape index (κ1) is 15.3. The van der Waals surface area contributed by atoms with Crippen LogP contribution in [-0.2, 0) is 0 Å². The third-order valence-corrected chi connectivity index (χ3v) is 3.68. The number of anilines is 1. The molecule has 0 saturated heterocycles. The number of amidine groups is 1. The van der Waals surface area contributed by atoms with Gasteiger partial charge in [-0.1, -0.05) is 47.5 Å². The summed E-state index contributed by atoms with van der Waals surface area (Å²) in [5.74, 6) is 0.789. The van der Waals surface area contributed by atoms with Crippen LogP contribution in [0.15, 0.2) is 83.9 Å². The Morgan fingerprint density at radius 3 is 2.13 bits per heavy atom. The van der Waals surface area contributed by atoms with E-state index in [-0.39, 0.29) is 0 Å². The smallest absolute Gasteiger partial charge is 0.138 e. The monoisotopic (exact) mass is 320 g/mol. The van der Waals surface area contributed by atoms with Crippen molar-refractivity contribution in [3.05, 3.63) is 95.0 Å². The van der Waals surface area contributed by atoms with Gasteiger partial charge in [0.1, 0.15) is 5.84 Å². The van der Waals surface area contributed by atoms with E-state index < -0.39 is 0 Å². The van der Waals surface area contributed by atoms with Crippen LogP contribution in [0.25, 0.3) is 0 Å². The minimum absolute atomic E-state index is 0.711. The Kier molecular flexibility index (Phi) is 4.74. The van der Waals surface area contributed by atoms with Crippen molar-refractivity contribution in [1.82, 2.24) is 0 Å². The summed E-state index contributed by atoms with van der Waals surface area (Å²) in [6.07, 6.45) is 0. The number of benzene rings is 3. The molecule has 0 aliphatic rings. The van der Waals surface area contributed by atoms with Crippen molar-refractivity contribution in [2.75, 3.05) is 5.32 Å². The molecule has 0 aromatic heterocycles. The predicted octanol–water partition coefficient (Wildman–Crippen LogP) is 5.84. The summed E-state index contributed by atoms with van der Waals surface area (Å²) in [5.41, 5.74) is 4.10.